The molecule has 0 heterocycles. The predicted octanol–water partition coefficient (Wildman–Crippen LogP) is 3.70. The SMILES string of the molecule is CC[C@H](C(=O)NCC(C)C)N(Cc1ccccc1Cl)C(=O)CN(c1ccc(OC)c(OC)c1)S(C)(=O)=O. The van der Waals surface area contributed by atoms with Crippen LogP contribution in [0.1, 0.15) is 32.8 Å². The van der Waals surface area contributed by atoms with Gasteiger partial charge in [0.15, 0.2) is 11.5 Å². The van der Waals surface area contributed by atoms with E-state index in [2.05, 4.69) is 5.32 Å². The highest BCUT2D eigenvalue weighted by Crippen LogP contribution is 2.32. The normalized spacial score (nSPS) is 12.1. The van der Waals surface area contributed by atoms with Crippen molar-refractivity contribution < 1.29 is 27.5 Å². The molecule has 1 N–H and O–H groups in total. The summed E-state index contributed by atoms with van der Waals surface area (Å²) < 4.78 is 37.1. The van der Waals surface area contributed by atoms with Gasteiger partial charge in [0.1, 0.15) is 12.6 Å². The van der Waals surface area contributed by atoms with Gasteiger partial charge in [0, 0.05) is 24.2 Å². The van der Waals surface area contributed by atoms with E-state index in [1.807, 2.05) is 13.8 Å². The summed E-state index contributed by atoms with van der Waals surface area (Å²) in [5, 5.41) is 3.33. The molecular formula is C26H36ClN3O6S. The number of hydrogen-bond donors (Lipinski definition) is 1. The highest BCUT2D eigenvalue weighted by Gasteiger charge is 2.32. The number of methoxy groups -OCH3 is 2. The standard InChI is InChI=1S/C26H36ClN3O6S/c1-7-22(26(32)28-15-18(2)3)29(16-19-10-8-9-11-21(19)27)25(31)17-30(37(6,33)34)20-12-13-23(35-4)24(14-20)36-5/h8-14,18,22H,7,15-17H2,1-6H3,(H,28,32)/t22-/m1/s1. The zero-order valence-corrected chi connectivity index (χ0v) is 23.7. The molecule has 2 rings (SSSR count). The monoisotopic (exact) mass is 553 g/mol. The van der Waals surface area contributed by atoms with Crippen LogP contribution >= 0.6 is 11.6 Å². The lowest BCUT2D eigenvalue weighted by molar-refractivity contribution is -0.140. The summed E-state index contributed by atoms with van der Waals surface area (Å²) in [6, 6.07) is 10.8. The van der Waals surface area contributed by atoms with E-state index in [4.69, 9.17) is 21.1 Å². The Morgan fingerprint density at radius 2 is 1.70 bits per heavy atom. The number of ether oxygens (including phenoxy) is 2. The van der Waals surface area contributed by atoms with Crippen LogP contribution in [0.25, 0.3) is 0 Å². The first-order chi connectivity index (χ1) is 17.4. The summed E-state index contributed by atoms with van der Waals surface area (Å²) >= 11 is 6.37. The van der Waals surface area contributed by atoms with Crippen LogP contribution in [0.5, 0.6) is 11.5 Å². The van der Waals surface area contributed by atoms with Crippen LogP contribution in [0.15, 0.2) is 42.5 Å². The second kappa shape index (κ2) is 13.5. The van der Waals surface area contributed by atoms with Crippen molar-refractivity contribution in [3.05, 3.63) is 53.1 Å². The summed E-state index contributed by atoms with van der Waals surface area (Å²) in [4.78, 5) is 28.2. The maximum Gasteiger partial charge on any atom is 0.244 e. The first-order valence-electron chi connectivity index (χ1n) is 11.9. The van der Waals surface area contributed by atoms with Crippen LogP contribution in [-0.2, 0) is 26.2 Å². The van der Waals surface area contributed by atoms with Crippen molar-refractivity contribution in [2.24, 2.45) is 5.92 Å². The van der Waals surface area contributed by atoms with E-state index in [0.717, 1.165) is 10.6 Å². The maximum atomic E-state index is 13.8. The summed E-state index contributed by atoms with van der Waals surface area (Å²) in [5.41, 5.74) is 0.869. The summed E-state index contributed by atoms with van der Waals surface area (Å²) in [7, 11) is -0.979. The van der Waals surface area contributed by atoms with Gasteiger partial charge in [-0.2, -0.15) is 0 Å². The van der Waals surface area contributed by atoms with E-state index in [-0.39, 0.29) is 24.1 Å². The highest BCUT2D eigenvalue weighted by molar-refractivity contribution is 7.92. The largest absolute Gasteiger partial charge is 0.493 e. The van der Waals surface area contributed by atoms with E-state index in [9.17, 15) is 18.0 Å². The number of nitrogens with one attached hydrogen (secondary N) is 1. The molecule has 0 aliphatic carbocycles. The fourth-order valence-corrected chi connectivity index (χ4v) is 4.78. The van der Waals surface area contributed by atoms with Crippen molar-refractivity contribution in [1.29, 1.82) is 0 Å². The predicted molar refractivity (Wildman–Crippen MR) is 146 cm³/mol. The molecule has 2 aromatic rings. The van der Waals surface area contributed by atoms with Gasteiger partial charge < -0.3 is 19.7 Å². The number of halogens is 1. The Bertz CT molecular complexity index is 1190. The number of nitrogens with zero attached hydrogens (tertiary/aromatic N) is 2. The Kier molecular flexibility index (Phi) is 11.1. The summed E-state index contributed by atoms with van der Waals surface area (Å²) in [6.45, 7) is 5.71. The second-order valence-electron chi connectivity index (χ2n) is 8.99. The van der Waals surface area contributed by atoms with Crippen molar-refractivity contribution in [3.63, 3.8) is 0 Å². The number of sulfonamides is 1. The molecule has 0 unspecified atom stereocenters. The van der Waals surface area contributed by atoms with Crippen LogP contribution in [0.4, 0.5) is 5.69 Å². The second-order valence-corrected chi connectivity index (χ2v) is 11.3. The molecule has 37 heavy (non-hydrogen) atoms. The lowest BCUT2D eigenvalue weighted by Crippen LogP contribution is -2.52. The van der Waals surface area contributed by atoms with Crippen LogP contribution < -0.4 is 19.1 Å². The number of amides is 2. The average molecular weight is 554 g/mol. The first kappa shape index (κ1) is 30.2. The average Bonchev–Trinajstić information content (AvgIpc) is 2.85. The molecule has 2 amide bonds. The molecule has 0 aliphatic heterocycles. The van der Waals surface area contributed by atoms with Crippen molar-refractivity contribution in [3.8, 4) is 11.5 Å². The molecule has 0 spiro atoms. The van der Waals surface area contributed by atoms with Crippen LogP contribution in [0, 0.1) is 5.92 Å². The topological polar surface area (TPSA) is 105 Å². The molecule has 0 radical (unpaired) electrons. The van der Waals surface area contributed by atoms with Gasteiger partial charge in [-0.15, -0.1) is 0 Å². The molecule has 0 saturated carbocycles. The molecule has 9 nitrogen and oxygen atoms in total. The number of carbonyl (C=O) groups excluding carboxylic acids is 2. The Balaban J connectivity index is 2.48. The van der Waals surface area contributed by atoms with Gasteiger partial charge in [-0.25, -0.2) is 8.42 Å². The number of anilines is 1. The zero-order valence-electron chi connectivity index (χ0n) is 22.2. The van der Waals surface area contributed by atoms with Crippen LogP contribution in [0.2, 0.25) is 5.02 Å². The first-order valence-corrected chi connectivity index (χ1v) is 14.2. The third-order valence-corrected chi connectivity index (χ3v) is 7.21. The van der Waals surface area contributed by atoms with E-state index in [1.165, 1.54) is 31.3 Å². The van der Waals surface area contributed by atoms with Gasteiger partial charge >= 0.3 is 0 Å². The van der Waals surface area contributed by atoms with Gasteiger partial charge in [0.25, 0.3) is 0 Å². The summed E-state index contributed by atoms with van der Waals surface area (Å²) in [6.07, 6.45) is 1.34. The molecule has 0 saturated heterocycles. The maximum absolute atomic E-state index is 13.8. The Hall–Kier alpha value is -2.98. The van der Waals surface area contributed by atoms with Crippen molar-refractivity contribution >= 4 is 39.1 Å². The molecular weight excluding hydrogens is 518 g/mol. The minimum atomic E-state index is -3.88. The van der Waals surface area contributed by atoms with E-state index >= 15 is 0 Å². The Labute approximate surface area is 224 Å². The lowest BCUT2D eigenvalue weighted by Gasteiger charge is -2.33. The molecule has 0 aliphatic rings. The number of benzene rings is 2. The minimum absolute atomic E-state index is 0.0373. The van der Waals surface area contributed by atoms with Gasteiger partial charge in [-0.05, 0) is 36.1 Å². The smallest absolute Gasteiger partial charge is 0.244 e. The minimum Gasteiger partial charge on any atom is -0.493 e. The molecule has 0 fully saturated rings. The number of rotatable bonds is 13. The Morgan fingerprint density at radius 1 is 1.05 bits per heavy atom. The van der Waals surface area contributed by atoms with Crippen LogP contribution in [-0.4, -0.2) is 64.7 Å². The number of hydrogen-bond acceptors (Lipinski definition) is 6. The molecule has 0 aromatic heterocycles. The summed E-state index contributed by atoms with van der Waals surface area (Å²) in [5.74, 6) is 0.0908. The molecule has 11 heteroatoms. The van der Waals surface area contributed by atoms with Crippen molar-refractivity contribution in [1.82, 2.24) is 10.2 Å². The third kappa shape index (κ3) is 8.26. The van der Waals surface area contributed by atoms with Gasteiger partial charge in [0.2, 0.25) is 21.8 Å². The quantitative estimate of drug-likeness (QED) is 0.405. The Morgan fingerprint density at radius 3 is 2.24 bits per heavy atom. The van der Waals surface area contributed by atoms with Gasteiger partial charge in [-0.1, -0.05) is 50.6 Å². The van der Waals surface area contributed by atoms with E-state index < -0.39 is 28.5 Å². The van der Waals surface area contributed by atoms with E-state index in [1.54, 1.807) is 37.3 Å². The fourth-order valence-electron chi connectivity index (χ4n) is 3.75. The van der Waals surface area contributed by atoms with E-state index in [0.29, 0.717) is 35.1 Å². The van der Waals surface area contributed by atoms with Gasteiger partial charge in [-0.3, -0.25) is 13.9 Å². The molecule has 2 aromatic carbocycles. The number of carbonyl (C=O) groups is 2. The van der Waals surface area contributed by atoms with Gasteiger partial charge in [0.05, 0.1) is 26.2 Å². The zero-order chi connectivity index (χ0) is 27.8. The molecule has 1 atom stereocenters. The fraction of sp³-hybridized carbons (Fsp3) is 0.462. The van der Waals surface area contributed by atoms with Crippen molar-refractivity contribution in [2.45, 2.75) is 39.8 Å². The van der Waals surface area contributed by atoms with Crippen LogP contribution in [0.3, 0.4) is 0 Å². The molecule has 204 valence electrons. The molecule has 0 bridgehead atoms. The third-order valence-electron chi connectivity index (χ3n) is 5.70. The highest BCUT2D eigenvalue weighted by atomic mass is 35.5. The van der Waals surface area contributed by atoms with Crippen molar-refractivity contribution in [2.75, 3.05) is 37.9 Å². The lowest BCUT2D eigenvalue weighted by atomic mass is 10.1.